The molecule has 3 heterocycles. The van der Waals surface area contributed by atoms with E-state index in [1.165, 1.54) is 52.0 Å². The summed E-state index contributed by atoms with van der Waals surface area (Å²) in [5, 5.41) is 0. The second kappa shape index (κ2) is 2.11. The SMILES string of the molecule is C[N+]1(P([N+]2(C)CC2)[N+]2(C)CC2)CC1. The number of hydrogen-bond acceptors (Lipinski definition) is 0. The molecule has 3 aliphatic heterocycles. The van der Waals surface area contributed by atoms with Gasteiger partial charge in [-0.1, -0.05) is 0 Å². The fourth-order valence-electron chi connectivity index (χ4n) is 2.53. The van der Waals surface area contributed by atoms with Crippen molar-refractivity contribution in [3.63, 3.8) is 0 Å². The van der Waals surface area contributed by atoms with Crippen LogP contribution >= 0.6 is 8.37 Å². The summed E-state index contributed by atoms with van der Waals surface area (Å²) in [6.45, 7) is 8.71. The van der Waals surface area contributed by atoms with E-state index in [4.69, 9.17) is 0 Å². The molecule has 0 radical (unpaired) electrons. The molecule has 74 valence electrons. The Balaban J connectivity index is 1.89. The molecule has 0 aromatic carbocycles. The van der Waals surface area contributed by atoms with Crippen molar-refractivity contribution < 1.29 is 12.8 Å². The summed E-state index contributed by atoms with van der Waals surface area (Å²) >= 11 is 0. The van der Waals surface area contributed by atoms with Gasteiger partial charge in [0.1, 0.15) is 39.3 Å². The van der Waals surface area contributed by atoms with Gasteiger partial charge in [0, 0.05) is 0 Å². The number of quaternary nitrogens is 3. The van der Waals surface area contributed by atoms with Crippen LogP contribution in [0, 0.1) is 0 Å². The first-order valence-corrected chi connectivity index (χ1v) is 6.54. The maximum Gasteiger partial charge on any atom is 0.553 e. The lowest BCUT2D eigenvalue weighted by atomic mass is 11.0. The normalized spacial score (nSPS) is 36.0. The minimum atomic E-state index is 0.162. The van der Waals surface area contributed by atoms with Crippen LogP contribution in [0.25, 0.3) is 0 Å². The van der Waals surface area contributed by atoms with Crippen molar-refractivity contribution in [2.45, 2.75) is 0 Å². The van der Waals surface area contributed by atoms with Crippen molar-refractivity contribution in [2.75, 3.05) is 60.4 Å². The molecular formula is C9H21N3P+3. The molecule has 3 rings (SSSR count). The van der Waals surface area contributed by atoms with Gasteiger partial charge in [-0.15, -0.1) is 0 Å². The molecule has 0 bridgehead atoms. The van der Waals surface area contributed by atoms with E-state index in [0.29, 0.717) is 0 Å². The number of likely N-dealkylation sites (N-methyl/N-ethyl adjacent to an activating group) is 3. The predicted molar refractivity (Wildman–Crippen MR) is 54.7 cm³/mol. The van der Waals surface area contributed by atoms with Crippen molar-refractivity contribution in [3.05, 3.63) is 0 Å². The van der Waals surface area contributed by atoms with Crippen molar-refractivity contribution in [2.24, 2.45) is 0 Å². The van der Waals surface area contributed by atoms with E-state index >= 15 is 0 Å². The van der Waals surface area contributed by atoms with Crippen LogP contribution in [-0.4, -0.2) is 73.2 Å². The Kier molecular flexibility index (Phi) is 1.40. The standard InChI is InChI=1S/C9H21N3P/c1-10(4-5-10)13(11(2)6-7-11)12(3)8-9-12/h4-9H2,1-3H3/q+3. The minimum Gasteiger partial charge on any atom is -0.203 e. The molecule has 0 N–H and O–H groups in total. The van der Waals surface area contributed by atoms with Gasteiger partial charge in [0.05, 0.1) is 21.1 Å². The molecule has 3 nitrogen and oxygen atoms in total. The average molecular weight is 202 g/mol. The molecule has 0 saturated carbocycles. The van der Waals surface area contributed by atoms with Crippen LogP contribution in [0.1, 0.15) is 0 Å². The van der Waals surface area contributed by atoms with Gasteiger partial charge in [0.25, 0.3) is 0 Å². The summed E-state index contributed by atoms with van der Waals surface area (Å²) in [5.74, 6) is 0. The van der Waals surface area contributed by atoms with E-state index < -0.39 is 0 Å². The van der Waals surface area contributed by atoms with Crippen molar-refractivity contribution in [1.29, 1.82) is 0 Å². The quantitative estimate of drug-likeness (QED) is 0.464. The summed E-state index contributed by atoms with van der Waals surface area (Å²) < 4.78 is 4.26. The van der Waals surface area contributed by atoms with Crippen LogP contribution in [-0.2, 0) is 0 Å². The van der Waals surface area contributed by atoms with Gasteiger partial charge >= 0.3 is 8.37 Å². The molecule has 0 aromatic heterocycles. The summed E-state index contributed by atoms with van der Waals surface area (Å²) in [6, 6.07) is 0. The summed E-state index contributed by atoms with van der Waals surface area (Å²) in [5.41, 5.74) is 0. The Hall–Kier alpha value is 0.310. The first kappa shape index (κ1) is 8.60. The number of nitrogens with zero attached hydrogens (tertiary/aromatic N) is 3. The largest absolute Gasteiger partial charge is 0.553 e. The van der Waals surface area contributed by atoms with Gasteiger partial charge < -0.3 is 0 Å². The van der Waals surface area contributed by atoms with Crippen LogP contribution in [0.4, 0.5) is 0 Å². The number of hydrogen-bond donors (Lipinski definition) is 0. The van der Waals surface area contributed by atoms with E-state index in [1.54, 1.807) is 0 Å². The molecule has 3 aliphatic rings. The van der Waals surface area contributed by atoms with E-state index in [0.717, 1.165) is 0 Å². The van der Waals surface area contributed by atoms with Crippen LogP contribution in [0.5, 0.6) is 0 Å². The van der Waals surface area contributed by atoms with Crippen molar-refractivity contribution >= 4 is 8.37 Å². The zero-order valence-electron chi connectivity index (χ0n) is 9.03. The topological polar surface area (TPSA) is 0 Å². The Morgan fingerprint density at radius 1 is 0.615 bits per heavy atom. The zero-order chi connectivity index (χ0) is 9.32. The Labute approximate surface area is 82.2 Å². The van der Waals surface area contributed by atoms with E-state index in [-0.39, 0.29) is 8.37 Å². The zero-order valence-corrected chi connectivity index (χ0v) is 9.93. The first-order chi connectivity index (χ1) is 5.99. The molecule has 0 aliphatic carbocycles. The van der Waals surface area contributed by atoms with Gasteiger partial charge in [-0.3, -0.25) is 0 Å². The Morgan fingerprint density at radius 2 is 0.846 bits per heavy atom. The molecule has 13 heavy (non-hydrogen) atoms. The Bertz CT molecular complexity index is 211. The minimum absolute atomic E-state index is 0.162. The van der Waals surface area contributed by atoms with Crippen molar-refractivity contribution in [3.8, 4) is 0 Å². The molecule has 0 amide bonds. The average Bonchev–Trinajstić information content (AvgIpc) is 2.87. The molecule has 3 saturated heterocycles. The molecular weight excluding hydrogens is 181 g/mol. The lowest BCUT2D eigenvalue weighted by Crippen LogP contribution is -2.36. The fraction of sp³-hybridized carbons (Fsp3) is 1.00. The van der Waals surface area contributed by atoms with Crippen LogP contribution in [0.15, 0.2) is 0 Å². The van der Waals surface area contributed by atoms with Crippen LogP contribution in [0.3, 0.4) is 0 Å². The second-order valence-electron chi connectivity index (χ2n) is 5.63. The highest BCUT2D eigenvalue weighted by atomic mass is 31.2. The summed E-state index contributed by atoms with van der Waals surface area (Å²) in [4.78, 5) is 0. The third-order valence-corrected chi connectivity index (χ3v) is 7.70. The smallest absolute Gasteiger partial charge is 0.203 e. The van der Waals surface area contributed by atoms with E-state index in [1.807, 2.05) is 0 Å². The third kappa shape index (κ3) is 1.18. The first-order valence-electron chi connectivity index (χ1n) is 5.34. The van der Waals surface area contributed by atoms with Crippen molar-refractivity contribution in [1.82, 2.24) is 0 Å². The van der Waals surface area contributed by atoms with Gasteiger partial charge in [0.2, 0.25) is 0 Å². The van der Waals surface area contributed by atoms with Gasteiger partial charge in [0.15, 0.2) is 0 Å². The van der Waals surface area contributed by atoms with E-state index in [9.17, 15) is 0 Å². The molecule has 0 spiro atoms. The van der Waals surface area contributed by atoms with Gasteiger partial charge in [-0.2, -0.15) is 0 Å². The van der Waals surface area contributed by atoms with E-state index in [2.05, 4.69) is 21.1 Å². The summed E-state index contributed by atoms with van der Waals surface area (Å²) in [7, 11) is 7.61. The fourth-order valence-corrected chi connectivity index (χ4v) is 7.00. The summed E-state index contributed by atoms with van der Waals surface area (Å²) in [6.07, 6.45) is 0. The van der Waals surface area contributed by atoms with Gasteiger partial charge in [-0.05, 0) is 0 Å². The monoisotopic (exact) mass is 202 g/mol. The highest BCUT2D eigenvalue weighted by Gasteiger charge is 2.77. The van der Waals surface area contributed by atoms with Gasteiger partial charge in [-0.25, -0.2) is 12.8 Å². The highest BCUT2D eigenvalue weighted by molar-refractivity contribution is 7.39. The lowest BCUT2D eigenvalue weighted by molar-refractivity contribution is -0.839. The molecule has 0 atom stereocenters. The van der Waals surface area contributed by atoms with Crippen LogP contribution in [0.2, 0.25) is 0 Å². The second-order valence-corrected chi connectivity index (χ2v) is 9.06. The molecule has 0 aromatic rings. The third-order valence-electron chi connectivity index (χ3n) is 3.91. The number of rotatable bonds is 3. The molecule has 0 unspecified atom stereocenters. The maximum atomic E-state index is 2.48. The lowest BCUT2D eigenvalue weighted by Gasteiger charge is -2.27. The predicted octanol–water partition coefficient (Wildman–Crippen LogP) is 0.594. The van der Waals surface area contributed by atoms with Crippen LogP contribution < -0.4 is 0 Å². The molecule has 3 fully saturated rings. The highest BCUT2D eigenvalue weighted by Crippen LogP contribution is 2.70. The molecule has 4 heteroatoms. The Morgan fingerprint density at radius 3 is 1.00 bits per heavy atom. The maximum absolute atomic E-state index is 2.48.